The molecule has 0 amide bonds. The summed E-state index contributed by atoms with van der Waals surface area (Å²) < 4.78 is 5.96. The van der Waals surface area contributed by atoms with Gasteiger partial charge >= 0.3 is 0 Å². The average molecular weight is 335 g/mol. The van der Waals surface area contributed by atoms with Gasteiger partial charge in [-0.15, -0.1) is 0 Å². The molecule has 1 heterocycles. The van der Waals surface area contributed by atoms with Crippen LogP contribution in [0.25, 0.3) is 0 Å². The molecule has 1 aliphatic rings. The maximum atomic E-state index is 10.6. The van der Waals surface area contributed by atoms with Crippen molar-refractivity contribution in [3.8, 4) is 5.75 Å². The van der Waals surface area contributed by atoms with Gasteiger partial charge in [0.25, 0.3) is 0 Å². The van der Waals surface area contributed by atoms with Crippen molar-refractivity contribution in [2.45, 2.75) is 58.7 Å². The standard InChI is InChI=1S/C20H34N2O2/c1-15(2)24-19-7-6-16(14-17(19)20(3,4)5)18(23)8-11-22-12-9-21-10-13-22/h6-7,14-15,18,21,23H,8-13H2,1-5H3. The number of nitrogens with one attached hydrogen (secondary N) is 1. The van der Waals surface area contributed by atoms with Crippen LogP contribution in [0.2, 0.25) is 0 Å². The van der Waals surface area contributed by atoms with E-state index in [1.165, 1.54) is 0 Å². The summed E-state index contributed by atoms with van der Waals surface area (Å²) in [7, 11) is 0. The minimum absolute atomic E-state index is 0.0154. The summed E-state index contributed by atoms with van der Waals surface area (Å²) in [5.41, 5.74) is 2.14. The molecule has 136 valence electrons. The second kappa shape index (κ2) is 8.32. The molecule has 1 saturated heterocycles. The van der Waals surface area contributed by atoms with Crippen molar-refractivity contribution in [3.05, 3.63) is 29.3 Å². The Kier molecular flexibility index (Phi) is 6.67. The molecule has 4 nitrogen and oxygen atoms in total. The molecule has 1 aromatic carbocycles. The number of benzene rings is 1. The molecule has 1 aliphatic heterocycles. The van der Waals surface area contributed by atoms with E-state index in [0.717, 1.165) is 56.0 Å². The Hall–Kier alpha value is -1.10. The smallest absolute Gasteiger partial charge is 0.123 e. The van der Waals surface area contributed by atoms with E-state index in [2.05, 4.69) is 37.1 Å². The molecular weight excluding hydrogens is 300 g/mol. The van der Waals surface area contributed by atoms with Gasteiger partial charge in [-0.1, -0.05) is 26.8 Å². The molecule has 1 aromatic rings. The molecule has 1 unspecified atom stereocenters. The molecule has 0 aliphatic carbocycles. The third-order valence-corrected chi connectivity index (χ3v) is 4.49. The van der Waals surface area contributed by atoms with Crippen molar-refractivity contribution in [2.75, 3.05) is 32.7 Å². The van der Waals surface area contributed by atoms with Gasteiger partial charge in [0.05, 0.1) is 12.2 Å². The summed E-state index contributed by atoms with van der Waals surface area (Å²) in [5.74, 6) is 0.926. The summed E-state index contributed by atoms with van der Waals surface area (Å²) in [5, 5.41) is 14.0. The van der Waals surface area contributed by atoms with Crippen LogP contribution in [0.4, 0.5) is 0 Å². The number of hydrogen-bond acceptors (Lipinski definition) is 4. The zero-order valence-corrected chi connectivity index (χ0v) is 15.9. The van der Waals surface area contributed by atoms with Crippen LogP contribution < -0.4 is 10.1 Å². The lowest BCUT2D eigenvalue weighted by molar-refractivity contribution is 0.136. The quantitative estimate of drug-likeness (QED) is 0.839. The van der Waals surface area contributed by atoms with Gasteiger partial charge in [0.1, 0.15) is 5.75 Å². The Morgan fingerprint density at radius 1 is 1.21 bits per heavy atom. The SMILES string of the molecule is CC(C)Oc1ccc(C(O)CCN2CCNCC2)cc1C(C)(C)C. The van der Waals surface area contributed by atoms with E-state index < -0.39 is 6.10 Å². The first kappa shape index (κ1) is 19.2. The van der Waals surface area contributed by atoms with Gasteiger partial charge in [-0.25, -0.2) is 0 Å². The number of aliphatic hydroxyl groups is 1. The monoisotopic (exact) mass is 334 g/mol. The fourth-order valence-electron chi connectivity index (χ4n) is 3.10. The third-order valence-electron chi connectivity index (χ3n) is 4.49. The third kappa shape index (κ3) is 5.47. The molecule has 2 N–H and O–H groups in total. The number of hydrogen-bond donors (Lipinski definition) is 2. The Labute approximate surface area is 147 Å². The first-order valence-electron chi connectivity index (χ1n) is 9.19. The first-order valence-corrected chi connectivity index (χ1v) is 9.19. The summed E-state index contributed by atoms with van der Waals surface area (Å²) in [6.45, 7) is 15.8. The van der Waals surface area contributed by atoms with Gasteiger partial charge in [-0.05, 0) is 48.9 Å². The summed E-state index contributed by atoms with van der Waals surface area (Å²) >= 11 is 0. The fourth-order valence-corrected chi connectivity index (χ4v) is 3.10. The highest BCUT2D eigenvalue weighted by Gasteiger charge is 2.22. The van der Waals surface area contributed by atoms with Gasteiger partial charge < -0.3 is 20.1 Å². The molecule has 0 aromatic heterocycles. The van der Waals surface area contributed by atoms with Crippen LogP contribution in [0.5, 0.6) is 5.75 Å². The van der Waals surface area contributed by atoms with Gasteiger partial charge in [-0.2, -0.15) is 0 Å². The highest BCUT2D eigenvalue weighted by molar-refractivity contribution is 5.42. The molecule has 1 fully saturated rings. The lowest BCUT2D eigenvalue weighted by Crippen LogP contribution is -2.44. The molecule has 0 spiro atoms. The average Bonchev–Trinajstić information content (AvgIpc) is 2.52. The summed E-state index contributed by atoms with van der Waals surface area (Å²) in [4.78, 5) is 2.42. The number of piperazine rings is 1. The Morgan fingerprint density at radius 2 is 1.88 bits per heavy atom. The van der Waals surface area contributed by atoms with Gasteiger partial charge in [-0.3, -0.25) is 0 Å². The van der Waals surface area contributed by atoms with Crippen LogP contribution in [-0.2, 0) is 5.41 Å². The molecule has 1 atom stereocenters. The number of nitrogens with zero attached hydrogens (tertiary/aromatic N) is 1. The maximum Gasteiger partial charge on any atom is 0.123 e. The lowest BCUT2D eigenvalue weighted by atomic mass is 9.84. The van der Waals surface area contributed by atoms with Crippen LogP contribution in [0.3, 0.4) is 0 Å². The van der Waals surface area contributed by atoms with Crippen molar-refractivity contribution in [1.82, 2.24) is 10.2 Å². The Morgan fingerprint density at radius 3 is 2.46 bits per heavy atom. The predicted octanol–water partition coefficient (Wildman–Crippen LogP) is 3.10. The highest BCUT2D eigenvalue weighted by atomic mass is 16.5. The largest absolute Gasteiger partial charge is 0.491 e. The van der Waals surface area contributed by atoms with Crippen LogP contribution in [-0.4, -0.2) is 48.8 Å². The molecule has 24 heavy (non-hydrogen) atoms. The van der Waals surface area contributed by atoms with Crippen molar-refractivity contribution in [2.24, 2.45) is 0 Å². The normalized spacial score (nSPS) is 18.0. The van der Waals surface area contributed by atoms with Crippen molar-refractivity contribution >= 4 is 0 Å². The van der Waals surface area contributed by atoms with Crippen LogP contribution in [0, 0.1) is 0 Å². The van der Waals surface area contributed by atoms with Gasteiger partial charge in [0.2, 0.25) is 0 Å². The second-order valence-corrected chi connectivity index (χ2v) is 8.07. The fraction of sp³-hybridized carbons (Fsp3) is 0.700. The molecular formula is C20H34N2O2. The van der Waals surface area contributed by atoms with Crippen molar-refractivity contribution in [3.63, 3.8) is 0 Å². The minimum Gasteiger partial charge on any atom is -0.491 e. The summed E-state index contributed by atoms with van der Waals surface area (Å²) in [6.07, 6.45) is 0.497. The predicted molar refractivity (Wildman–Crippen MR) is 99.8 cm³/mol. The highest BCUT2D eigenvalue weighted by Crippen LogP contribution is 2.34. The Balaban J connectivity index is 2.08. The van der Waals surface area contributed by atoms with E-state index in [4.69, 9.17) is 4.74 Å². The van der Waals surface area contributed by atoms with E-state index in [9.17, 15) is 5.11 Å². The Bertz CT molecular complexity index is 517. The van der Waals surface area contributed by atoms with Crippen LogP contribution >= 0.6 is 0 Å². The van der Waals surface area contributed by atoms with E-state index in [1.807, 2.05) is 26.0 Å². The number of rotatable bonds is 6. The number of ether oxygens (including phenoxy) is 1. The minimum atomic E-state index is -0.422. The van der Waals surface area contributed by atoms with Crippen molar-refractivity contribution < 1.29 is 9.84 Å². The molecule has 0 radical (unpaired) electrons. The lowest BCUT2D eigenvalue weighted by Gasteiger charge is -2.28. The van der Waals surface area contributed by atoms with Crippen molar-refractivity contribution in [1.29, 1.82) is 0 Å². The number of aliphatic hydroxyl groups excluding tert-OH is 1. The molecule has 0 saturated carbocycles. The molecule has 2 rings (SSSR count). The van der Waals surface area contributed by atoms with Crippen LogP contribution in [0.1, 0.15) is 58.3 Å². The summed E-state index contributed by atoms with van der Waals surface area (Å²) in [6, 6.07) is 6.15. The van der Waals surface area contributed by atoms with E-state index in [0.29, 0.717) is 0 Å². The topological polar surface area (TPSA) is 44.7 Å². The zero-order chi connectivity index (χ0) is 17.7. The van der Waals surface area contributed by atoms with Gasteiger partial charge in [0, 0.05) is 32.7 Å². The zero-order valence-electron chi connectivity index (χ0n) is 15.9. The van der Waals surface area contributed by atoms with Crippen LogP contribution in [0.15, 0.2) is 18.2 Å². The van der Waals surface area contributed by atoms with E-state index in [-0.39, 0.29) is 11.5 Å². The second-order valence-electron chi connectivity index (χ2n) is 8.07. The first-order chi connectivity index (χ1) is 11.3. The van der Waals surface area contributed by atoms with E-state index in [1.54, 1.807) is 0 Å². The van der Waals surface area contributed by atoms with E-state index >= 15 is 0 Å². The van der Waals surface area contributed by atoms with Gasteiger partial charge in [0.15, 0.2) is 0 Å². The maximum absolute atomic E-state index is 10.6. The molecule has 4 heteroatoms. The molecule has 0 bridgehead atoms.